The van der Waals surface area contributed by atoms with Gasteiger partial charge in [0.15, 0.2) is 0 Å². The van der Waals surface area contributed by atoms with Crippen LogP contribution < -0.4 is 10.6 Å². The highest BCUT2D eigenvalue weighted by atomic mass is 19.1. The summed E-state index contributed by atoms with van der Waals surface area (Å²) in [5.74, 6) is 0.923. The van der Waals surface area contributed by atoms with E-state index < -0.39 is 0 Å². The molecule has 0 aliphatic rings. The van der Waals surface area contributed by atoms with Crippen molar-refractivity contribution in [2.24, 2.45) is 0 Å². The van der Waals surface area contributed by atoms with E-state index in [1.807, 2.05) is 42.5 Å². The topological polar surface area (TPSA) is 53.1 Å². The van der Waals surface area contributed by atoms with Gasteiger partial charge in [0.2, 0.25) is 5.95 Å². The lowest BCUT2D eigenvalue weighted by Crippen LogP contribution is -2.17. The fourth-order valence-corrected chi connectivity index (χ4v) is 2.76. The van der Waals surface area contributed by atoms with Crippen molar-refractivity contribution in [1.82, 2.24) is 14.9 Å². The molecule has 6 heteroatoms. The van der Waals surface area contributed by atoms with E-state index in [9.17, 15) is 4.39 Å². The standard InChI is InChI=1S/C22H26FN5/c1-16-10-11-18(14-19(16)23)25-21-15-20(17-8-5-4-6-9-17)26-22(27-21)24-12-7-13-28(2)3/h4-6,8-11,14-15H,7,12-13H2,1-3H3,(H2,24,25,26,27). The maximum atomic E-state index is 13.9. The fourth-order valence-electron chi connectivity index (χ4n) is 2.76. The average Bonchev–Trinajstić information content (AvgIpc) is 2.68. The Morgan fingerprint density at radius 1 is 1.00 bits per heavy atom. The summed E-state index contributed by atoms with van der Waals surface area (Å²) in [6.07, 6.45) is 0.984. The number of benzene rings is 2. The van der Waals surface area contributed by atoms with Crippen molar-refractivity contribution in [2.45, 2.75) is 13.3 Å². The summed E-state index contributed by atoms with van der Waals surface area (Å²) in [6.45, 7) is 3.50. The summed E-state index contributed by atoms with van der Waals surface area (Å²) in [5, 5.41) is 6.49. The summed E-state index contributed by atoms with van der Waals surface area (Å²) >= 11 is 0. The van der Waals surface area contributed by atoms with Crippen LogP contribution in [0.15, 0.2) is 54.6 Å². The molecule has 0 atom stereocenters. The summed E-state index contributed by atoms with van der Waals surface area (Å²) in [4.78, 5) is 11.3. The number of anilines is 3. The van der Waals surface area contributed by atoms with Gasteiger partial charge in [0.25, 0.3) is 0 Å². The lowest BCUT2D eigenvalue weighted by molar-refractivity contribution is 0.405. The highest BCUT2D eigenvalue weighted by Gasteiger charge is 2.08. The van der Waals surface area contributed by atoms with Crippen molar-refractivity contribution in [2.75, 3.05) is 37.8 Å². The number of halogens is 1. The van der Waals surface area contributed by atoms with Crippen LogP contribution in [0.25, 0.3) is 11.3 Å². The highest BCUT2D eigenvalue weighted by Crippen LogP contribution is 2.24. The van der Waals surface area contributed by atoms with E-state index in [4.69, 9.17) is 0 Å². The van der Waals surface area contributed by atoms with E-state index in [0.717, 1.165) is 30.8 Å². The van der Waals surface area contributed by atoms with Gasteiger partial charge in [0.1, 0.15) is 11.6 Å². The van der Waals surface area contributed by atoms with Gasteiger partial charge in [-0.3, -0.25) is 0 Å². The van der Waals surface area contributed by atoms with Crippen LogP contribution in [-0.4, -0.2) is 42.1 Å². The first-order valence-corrected chi connectivity index (χ1v) is 9.37. The summed E-state index contributed by atoms with van der Waals surface area (Å²) in [6, 6.07) is 16.9. The Hall–Kier alpha value is -2.99. The Kier molecular flexibility index (Phi) is 6.55. The van der Waals surface area contributed by atoms with Gasteiger partial charge < -0.3 is 15.5 Å². The van der Waals surface area contributed by atoms with E-state index in [1.54, 1.807) is 13.0 Å². The van der Waals surface area contributed by atoms with Crippen LogP contribution in [0.1, 0.15) is 12.0 Å². The minimum Gasteiger partial charge on any atom is -0.354 e. The Balaban J connectivity index is 1.85. The lowest BCUT2D eigenvalue weighted by atomic mass is 10.1. The van der Waals surface area contributed by atoms with E-state index >= 15 is 0 Å². The fraction of sp³-hybridized carbons (Fsp3) is 0.273. The third-order valence-corrected chi connectivity index (χ3v) is 4.31. The predicted octanol–water partition coefficient (Wildman–Crippen LogP) is 4.70. The van der Waals surface area contributed by atoms with Gasteiger partial charge >= 0.3 is 0 Å². The predicted molar refractivity (Wildman–Crippen MR) is 114 cm³/mol. The molecule has 0 saturated carbocycles. The second-order valence-electron chi connectivity index (χ2n) is 7.00. The first kappa shape index (κ1) is 19.8. The molecule has 0 bridgehead atoms. The van der Waals surface area contributed by atoms with Crippen molar-refractivity contribution in [3.63, 3.8) is 0 Å². The molecule has 0 spiro atoms. The average molecular weight is 379 g/mol. The summed E-state index contributed by atoms with van der Waals surface area (Å²) < 4.78 is 13.9. The molecule has 0 amide bonds. The molecule has 0 aliphatic heterocycles. The van der Waals surface area contributed by atoms with Crippen molar-refractivity contribution in [3.05, 3.63) is 66.0 Å². The number of aromatic nitrogens is 2. The molecular formula is C22H26FN5. The van der Waals surface area contributed by atoms with E-state index in [1.165, 1.54) is 6.07 Å². The van der Waals surface area contributed by atoms with Crippen molar-refractivity contribution >= 4 is 17.5 Å². The van der Waals surface area contributed by atoms with Gasteiger partial charge in [0.05, 0.1) is 5.69 Å². The maximum absolute atomic E-state index is 13.9. The number of rotatable bonds is 8. The molecule has 146 valence electrons. The lowest BCUT2D eigenvalue weighted by Gasteiger charge is -2.13. The second-order valence-corrected chi connectivity index (χ2v) is 7.00. The molecule has 28 heavy (non-hydrogen) atoms. The highest BCUT2D eigenvalue weighted by molar-refractivity contribution is 5.67. The molecule has 1 aromatic heterocycles. The van der Waals surface area contributed by atoms with E-state index in [-0.39, 0.29) is 5.82 Å². The van der Waals surface area contributed by atoms with Crippen LogP contribution in [-0.2, 0) is 0 Å². The third kappa shape index (κ3) is 5.50. The number of hydrogen-bond donors (Lipinski definition) is 2. The molecule has 3 aromatic rings. The molecule has 3 rings (SSSR count). The Morgan fingerprint density at radius 3 is 2.50 bits per heavy atom. The molecule has 2 aromatic carbocycles. The molecule has 2 N–H and O–H groups in total. The minimum atomic E-state index is -0.246. The molecule has 0 fully saturated rings. The number of aryl methyl sites for hydroxylation is 1. The third-order valence-electron chi connectivity index (χ3n) is 4.31. The maximum Gasteiger partial charge on any atom is 0.225 e. The largest absolute Gasteiger partial charge is 0.354 e. The van der Waals surface area contributed by atoms with Gasteiger partial charge in [0, 0.05) is 23.9 Å². The van der Waals surface area contributed by atoms with E-state index in [0.29, 0.717) is 23.0 Å². The van der Waals surface area contributed by atoms with Gasteiger partial charge in [-0.25, -0.2) is 9.37 Å². The van der Waals surface area contributed by atoms with Crippen molar-refractivity contribution in [1.29, 1.82) is 0 Å². The molecule has 1 heterocycles. The Labute approximate surface area is 165 Å². The zero-order valence-corrected chi connectivity index (χ0v) is 16.5. The van der Waals surface area contributed by atoms with Crippen LogP contribution >= 0.6 is 0 Å². The number of hydrogen-bond acceptors (Lipinski definition) is 5. The van der Waals surface area contributed by atoms with Gasteiger partial charge in [-0.1, -0.05) is 36.4 Å². The monoisotopic (exact) mass is 379 g/mol. The molecular weight excluding hydrogens is 353 g/mol. The molecule has 0 unspecified atom stereocenters. The first-order valence-electron chi connectivity index (χ1n) is 9.37. The smallest absolute Gasteiger partial charge is 0.225 e. The molecule has 0 aliphatic carbocycles. The number of nitrogens with one attached hydrogen (secondary N) is 2. The quantitative estimate of drug-likeness (QED) is 0.556. The van der Waals surface area contributed by atoms with Crippen molar-refractivity contribution < 1.29 is 4.39 Å². The second kappa shape index (κ2) is 9.28. The van der Waals surface area contributed by atoms with E-state index in [2.05, 4.69) is 39.6 Å². The minimum absolute atomic E-state index is 0.246. The van der Waals surface area contributed by atoms with Crippen molar-refractivity contribution in [3.8, 4) is 11.3 Å². The Bertz CT molecular complexity index is 912. The summed E-state index contributed by atoms with van der Waals surface area (Å²) in [5.41, 5.74) is 3.07. The normalized spacial score (nSPS) is 10.9. The molecule has 0 saturated heterocycles. The van der Waals surface area contributed by atoms with Gasteiger partial charge in [-0.15, -0.1) is 0 Å². The first-order chi connectivity index (χ1) is 13.5. The molecule has 5 nitrogen and oxygen atoms in total. The van der Waals surface area contributed by atoms with Crippen LogP contribution in [0.3, 0.4) is 0 Å². The van der Waals surface area contributed by atoms with Crippen LogP contribution in [0.4, 0.5) is 21.8 Å². The SMILES string of the molecule is Cc1ccc(Nc2cc(-c3ccccc3)nc(NCCCN(C)C)n2)cc1F. The summed E-state index contributed by atoms with van der Waals surface area (Å²) in [7, 11) is 4.10. The number of nitrogens with zero attached hydrogens (tertiary/aromatic N) is 3. The zero-order chi connectivity index (χ0) is 19.9. The van der Waals surface area contributed by atoms with Gasteiger partial charge in [-0.2, -0.15) is 4.98 Å². The molecule has 0 radical (unpaired) electrons. The van der Waals surface area contributed by atoms with Crippen LogP contribution in [0.2, 0.25) is 0 Å². The van der Waals surface area contributed by atoms with Crippen LogP contribution in [0, 0.1) is 12.7 Å². The Morgan fingerprint density at radius 2 is 1.79 bits per heavy atom. The van der Waals surface area contributed by atoms with Gasteiger partial charge in [-0.05, 0) is 51.7 Å². The zero-order valence-electron chi connectivity index (χ0n) is 16.5. The van der Waals surface area contributed by atoms with Crippen LogP contribution in [0.5, 0.6) is 0 Å².